The summed E-state index contributed by atoms with van der Waals surface area (Å²) >= 11 is 0. The molecule has 0 aromatic carbocycles. The van der Waals surface area contributed by atoms with E-state index in [0.29, 0.717) is 19.0 Å². The molecule has 1 aliphatic heterocycles. The van der Waals surface area contributed by atoms with Gasteiger partial charge in [-0.15, -0.1) is 0 Å². The van der Waals surface area contributed by atoms with Crippen LogP contribution in [0.5, 0.6) is 0 Å². The maximum absolute atomic E-state index is 12.2. The summed E-state index contributed by atoms with van der Waals surface area (Å²) in [5, 5.41) is 8.70. The molecule has 1 heterocycles. The van der Waals surface area contributed by atoms with Gasteiger partial charge >= 0.3 is 5.97 Å². The Kier molecular flexibility index (Phi) is 4.91. The van der Waals surface area contributed by atoms with Gasteiger partial charge in [0.1, 0.15) is 6.54 Å². The Morgan fingerprint density at radius 2 is 2.18 bits per heavy atom. The Labute approximate surface area is 102 Å². The highest BCUT2D eigenvalue weighted by Crippen LogP contribution is 2.20. The summed E-state index contributed by atoms with van der Waals surface area (Å²) < 4.78 is 26.8. The first-order chi connectivity index (χ1) is 7.87. The number of rotatable bonds is 5. The maximum atomic E-state index is 12.2. The number of carboxylic acids is 1. The van der Waals surface area contributed by atoms with Gasteiger partial charge in [-0.2, -0.15) is 17.0 Å². The second-order valence-corrected chi connectivity index (χ2v) is 6.36. The second kappa shape index (κ2) is 5.79. The second-order valence-electron chi connectivity index (χ2n) is 4.43. The molecular formula is C10H20N2O4S. The molecule has 1 unspecified atom stereocenters. The molecule has 7 heteroatoms. The predicted octanol–water partition coefficient (Wildman–Crippen LogP) is 0.370. The third-order valence-electron chi connectivity index (χ3n) is 2.94. The lowest BCUT2D eigenvalue weighted by atomic mass is 10.0. The van der Waals surface area contributed by atoms with E-state index in [1.54, 1.807) is 6.92 Å². The van der Waals surface area contributed by atoms with Crippen LogP contribution in [0.3, 0.4) is 0 Å². The first-order valence-electron chi connectivity index (χ1n) is 5.85. The number of piperidine rings is 1. The fourth-order valence-electron chi connectivity index (χ4n) is 2.03. The average Bonchev–Trinajstić information content (AvgIpc) is 2.25. The van der Waals surface area contributed by atoms with E-state index >= 15 is 0 Å². The molecule has 0 radical (unpaired) electrons. The molecule has 1 atom stereocenters. The molecule has 1 saturated heterocycles. The first kappa shape index (κ1) is 14.4. The Morgan fingerprint density at radius 3 is 2.65 bits per heavy atom. The topological polar surface area (TPSA) is 77.9 Å². The fourth-order valence-corrected chi connectivity index (χ4v) is 3.76. The first-order valence-corrected chi connectivity index (χ1v) is 7.24. The van der Waals surface area contributed by atoms with Gasteiger partial charge in [0.05, 0.1) is 0 Å². The van der Waals surface area contributed by atoms with Gasteiger partial charge in [0, 0.05) is 19.6 Å². The summed E-state index contributed by atoms with van der Waals surface area (Å²) in [6.07, 6.45) is 1.86. The van der Waals surface area contributed by atoms with Gasteiger partial charge in [0.2, 0.25) is 0 Å². The lowest BCUT2D eigenvalue weighted by molar-refractivity contribution is -0.137. The summed E-state index contributed by atoms with van der Waals surface area (Å²) in [6.45, 7) is 4.34. The van der Waals surface area contributed by atoms with Crippen molar-refractivity contribution >= 4 is 16.2 Å². The van der Waals surface area contributed by atoms with Crippen LogP contribution in [0.25, 0.3) is 0 Å². The van der Waals surface area contributed by atoms with Crippen molar-refractivity contribution in [1.82, 2.24) is 8.61 Å². The molecular weight excluding hydrogens is 244 g/mol. The van der Waals surface area contributed by atoms with Crippen LogP contribution >= 0.6 is 0 Å². The third-order valence-corrected chi connectivity index (χ3v) is 4.96. The van der Waals surface area contributed by atoms with Crippen molar-refractivity contribution in [2.45, 2.75) is 26.7 Å². The summed E-state index contributed by atoms with van der Waals surface area (Å²) in [5.74, 6) is -0.789. The Bertz CT molecular complexity index is 369. The predicted molar refractivity (Wildman–Crippen MR) is 63.8 cm³/mol. The van der Waals surface area contributed by atoms with Gasteiger partial charge < -0.3 is 5.11 Å². The van der Waals surface area contributed by atoms with Crippen LogP contribution in [0.2, 0.25) is 0 Å². The highest BCUT2D eigenvalue weighted by atomic mass is 32.2. The molecule has 1 fully saturated rings. The van der Waals surface area contributed by atoms with Crippen molar-refractivity contribution in [3.63, 3.8) is 0 Å². The van der Waals surface area contributed by atoms with Crippen molar-refractivity contribution in [3.05, 3.63) is 0 Å². The average molecular weight is 264 g/mol. The zero-order valence-electron chi connectivity index (χ0n) is 10.3. The van der Waals surface area contributed by atoms with Gasteiger partial charge in [0.15, 0.2) is 0 Å². The van der Waals surface area contributed by atoms with Crippen molar-refractivity contribution in [3.8, 4) is 0 Å². The lowest BCUT2D eigenvalue weighted by Crippen LogP contribution is -2.49. The van der Waals surface area contributed by atoms with E-state index in [1.165, 1.54) is 4.31 Å². The van der Waals surface area contributed by atoms with Crippen molar-refractivity contribution < 1.29 is 18.3 Å². The van der Waals surface area contributed by atoms with E-state index < -0.39 is 22.7 Å². The number of hydrogen-bond donors (Lipinski definition) is 1. The van der Waals surface area contributed by atoms with Crippen LogP contribution in [-0.2, 0) is 15.0 Å². The SMILES string of the molecule is CCN(CC(=O)O)S(=O)(=O)N1CCCC(C)C1. The number of nitrogens with zero attached hydrogens (tertiary/aromatic N) is 2. The standard InChI is InChI=1S/C10H20N2O4S/c1-3-11(8-10(13)14)17(15,16)12-6-4-5-9(2)7-12/h9H,3-8H2,1-2H3,(H,13,14). The van der Waals surface area contributed by atoms with E-state index in [0.717, 1.165) is 17.1 Å². The largest absolute Gasteiger partial charge is 0.480 e. The molecule has 0 spiro atoms. The van der Waals surface area contributed by atoms with Gasteiger partial charge in [-0.1, -0.05) is 13.8 Å². The van der Waals surface area contributed by atoms with Crippen molar-refractivity contribution in [2.24, 2.45) is 5.92 Å². The van der Waals surface area contributed by atoms with Gasteiger partial charge in [0.25, 0.3) is 10.2 Å². The summed E-state index contributed by atoms with van der Waals surface area (Å²) in [5.41, 5.74) is 0. The van der Waals surface area contributed by atoms with Crippen LogP contribution in [0, 0.1) is 5.92 Å². The normalized spacial score (nSPS) is 22.9. The minimum atomic E-state index is -3.62. The van der Waals surface area contributed by atoms with Gasteiger partial charge in [-0.25, -0.2) is 0 Å². The minimum absolute atomic E-state index is 0.180. The van der Waals surface area contributed by atoms with E-state index in [9.17, 15) is 13.2 Å². The quantitative estimate of drug-likeness (QED) is 0.778. The summed E-state index contributed by atoms with van der Waals surface area (Å²) in [4.78, 5) is 10.6. The highest BCUT2D eigenvalue weighted by Gasteiger charge is 2.32. The third kappa shape index (κ3) is 3.65. The lowest BCUT2D eigenvalue weighted by Gasteiger charge is -2.33. The monoisotopic (exact) mass is 264 g/mol. The molecule has 0 saturated carbocycles. The van der Waals surface area contributed by atoms with Crippen LogP contribution in [0.4, 0.5) is 0 Å². The molecule has 6 nitrogen and oxygen atoms in total. The zero-order chi connectivity index (χ0) is 13.1. The molecule has 0 aromatic heterocycles. The van der Waals surface area contributed by atoms with Gasteiger partial charge in [-0.3, -0.25) is 4.79 Å². The molecule has 1 rings (SSSR count). The van der Waals surface area contributed by atoms with Gasteiger partial charge in [-0.05, 0) is 18.8 Å². The van der Waals surface area contributed by atoms with Crippen molar-refractivity contribution in [2.75, 3.05) is 26.2 Å². The number of carboxylic acid groups (broad SMARTS) is 1. The Hall–Kier alpha value is -0.660. The summed E-state index contributed by atoms with van der Waals surface area (Å²) in [7, 11) is -3.62. The minimum Gasteiger partial charge on any atom is -0.480 e. The smallest absolute Gasteiger partial charge is 0.318 e. The van der Waals surface area contributed by atoms with Crippen LogP contribution < -0.4 is 0 Å². The number of likely N-dealkylation sites (N-methyl/N-ethyl adjacent to an activating group) is 1. The van der Waals surface area contributed by atoms with Crippen LogP contribution in [0.15, 0.2) is 0 Å². The maximum Gasteiger partial charge on any atom is 0.318 e. The highest BCUT2D eigenvalue weighted by molar-refractivity contribution is 7.86. The van der Waals surface area contributed by atoms with Crippen LogP contribution in [0.1, 0.15) is 26.7 Å². The Balaban J connectivity index is 2.80. The van der Waals surface area contributed by atoms with Crippen molar-refractivity contribution in [1.29, 1.82) is 0 Å². The van der Waals surface area contributed by atoms with E-state index in [4.69, 9.17) is 5.11 Å². The molecule has 0 bridgehead atoms. The Morgan fingerprint density at radius 1 is 1.53 bits per heavy atom. The number of carbonyl (C=O) groups is 1. The number of hydrogen-bond acceptors (Lipinski definition) is 3. The van der Waals surface area contributed by atoms with Crippen LogP contribution in [-0.4, -0.2) is 54.3 Å². The molecule has 1 aliphatic rings. The molecule has 0 aliphatic carbocycles. The molecule has 0 amide bonds. The zero-order valence-corrected chi connectivity index (χ0v) is 11.1. The van der Waals surface area contributed by atoms with E-state index in [2.05, 4.69) is 0 Å². The molecule has 100 valence electrons. The molecule has 0 aromatic rings. The van der Waals surface area contributed by atoms with E-state index in [-0.39, 0.29) is 6.54 Å². The molecule has 17 heavy (non-hydrogen) atoms. The number of aliphatic carboxylic acids is 1. The summed E-state index contributed by atoms with van der Waals surface area (Å²) in [6, 6.07) is 0. The van der Waals surface area contributed by atoms with E-state index in [1.807, 2.05) is 6.92 Å². The fraction of sp³-hybridized carbons (Fsp3) is 0.900. The molecule has 1 N–H and O–H groups in total.